The highest BCUT2D eigenvalue weighted by Crippen LogP contribution is 2.08. The Bertz CT molecular complexity index is 241. The monoisotopic (exact) mass is 276 g/mol. The van der Waals surface area contributed by atoms with Crippen LogP contribution >= 0.6 is 12.6 Å². The van der Waals surface area contributed by atoms with Gasteiger partial charge in [0.1, 0.15) is 6.61 Å². The van der Waals surface area contributed by atoms with Gasteiger partial charge in [-0.15, -0.1) is 0 Å². The van der Waals surface area contributed by atoms with Gasteiger partial charge in [-0.05, 0) is 12.3 Å². The maximum atomic E-state index is 11.2. The molecule has 4 nitrogen and oxygen atoms in total. The van der Waals surface area contributed by atoms with Crippen molar-refractivity contribution < 1.29 is 19.1 Å². The Morgan fingerprint density at radius 1 is 1.00 bits per heavy atom. The molecular formula is C13H24O4S. The molecule has 0 atom stereocenters. The quantitative estimate of drug-likeness (QED) is 0.378. The molecule has 106 valence electrons. The fourth-order valence-electron chi connectivity index (χ4n) is 1.38. The molecular weight excluding hydrogens is 252 g/mol. The van der Waals surface area contributed by atoms with Crippen molar-refractivity contribution in [2.45, 2.75) is 46.0 Å². The average Bonchev–Trinajstić information content (AvgIpc) is 2.33. The van der Waals surface area contributed by atoms with Gasteiger partial charge in [-0.1, -0.05) is 33.1 Å². The number of hydrogen-bond acceptors (Lipinski definition) is 5. The SMILES string of the molecule is CC(C)CCCCCOC(=O)CCOC(=O)CS. The van der Waals surface area contributed by atoms with E-state index in [0.717, 1.165) is 18.8 Å². The summed E-state index contributed by atoms with van der Waals surface area (Å²) < 4.78 is 9.73. The van der Waals surface area contributed by atoms with Gasteiger partial charge < -0.3 is 9.47 Å². The second-order valence-corrected chi connectivity index (χ2v) is 4.91. The molecule has 0 aromatic carbocycles. The fourth-order valence-corrected chi connectivity index (χ4v) is 1.47. The molecule has 0 aliphatic rings. The van der Waals surface area contributed by atoms with Crippen molar-refractivity contribution in [1.29, 1.82) is 0 Å². The summed E-state index contributed by atoms with van der Waals surface area (Å²) in [6, 6.07) is 0. The summed E-state index contributed by atoms with van der Waals surface area (Å²) in [4.78, 5) is 22.0. The molecule has 0 radical (unpaired) electrons. The van der Waals surface area contributed by atoms with Crippen molar-refractivity contribution >= 4 is 24.6 Å². The van der Waals surface area contributed by atoms with Crippen molar-refractivity contribution in [3.63, 3.8) is 0 Å². The molecule has 0 rings (SSSR count). The lowest BCUT2D eigenvalue weighted by Gasteiger charge is -2.06. The number of carbonyl (C=O) groups is 2. The van der Waals surface area contributed by atoms with Gasteiger partial charge in [-0.25, -0.2) is 0 Å². The highest BCUT2D eigenvalue weighted by atomic mass is 32.1. The third kappa shape index (κ3) is 11.8. The molecule has 0 amide bonds. The Kier molecular flexibility index (Phi) is 10.9. The lowest BCUT2D eigenvalue weighted by Crippen LogP contribution is -2.13. The molecule has 0 bridgehead atoms. The molecule has 0 aromatic heterocycles. The summed E-state index contributed by atoms with van der Waals surface area (Å²) in [7, 11) is 0. The van der Waals surface area contributed by atoms with Crippen LogP contribution in [0.5, 0.6) is 0 Å². The number of carbonyl (C=O) groups excluding carboxylic acids is 2. The van der Waals surface area contributed by atoms with Crippen LogP contribution in [0.2, 0.25) is 0 Å². The summed E-state index contributed by atoms with van der Waals surface area (Å²) in [5.74, 6) is 0.0324. The second kappa shape index (κ2) is 11.4. The zero-order valence-electron chi connectivity index (χ0n) is 11.3. The standard InChI is InChI=1S/C13H24O4S/c1-11(2)6-4-3-5-8-16-12(14)7-9-17-13(15)10-18/h11,18H,3-10H2,1-2H3. The number of esters is 2. The van der Waals surface area contributed by atoms with Crippen LogP contribution in [0.3, 0.4) is 0 Å². The summed E-state index contributed by atoms with van der Waals surface area (Å²) in [5, 5.41) is 0. The zero-order chi connectivity index (χ0) is 13.8. The molecule has 0 aliphatic carbocycles. The van der Waals surface area contributed by atoms with E-state index in [9.17, 15) is 9.59 Å². The first-order valence-electron chi connectivity index (χ1n) is 6.48. The summed E-state index contributed by atoms with van der Waals surface area (Å²) in [6.45, 7) is 4.93. The maximum Gasteiger partial charge on any atom is 0.315 e. The second-order valence-electron chi connectivity index (χ2n) is 4.59. The molecule has 0 unspecified atom stereocenters. The minimum atomic E-state index is -0.417. The van der Waals surface area contributed by atoms with E-state index in [1.54, 1.807) is 0 Å². The third-order valence-electron chi connectivity index (χ3n) is 2.39. The number of thiol groups is 1. The van der Waals surface area contributed by atoms with Crippen LogP contribution < -0.4 is 0 Å². The van der Waals surface area contributed by atoms with Gasteiger partial charge in [0.2, 0.25) is 0 Å². The molecule has 0 saturated carbocycles. The van der Waals surface area contributed by atoms with Gasteiger partial charge in [0.15, 0.2) is 0 Å². The first-order valence-corrected chi connectivity index (χ1v) is 7.11. The van der Waals surface area contributed by atoms with Crippen LogP contribution in [0.25, 0.3) is 0 Å². The van der Waals surface area contributed by atoms with Crippen LogP contribution in [0.4, 0.5) is 0 Å². The number of rotatable bonds is 10. The summed E-state index contributed by atoms with van der Waals surface area (Å²) >= 11 is 3.75. The average molecular weight is 276 g/mol. The predicted molar refractivity (Wildman–Crippen MR) is 73.7 cm³/mol. The highest BCUT2D eigenvalue weighted by Gasteiger charge is 2.05. The topological polar surface area (TPSA) is 52.6 Å². The Morgan fingerprint density at radius 2 is 1.67 bits per heavy atom. The Hall–Kier alpha value is -0.710. The van der Waals surface area contributed by atoms with Crippen LogP contribution in [-0.4, -0.2) is 30.9 Å². The molecule has 0 saturated heterocycles. The van der Waals surface area contributed by atoms with Crippen LogP contribution in [0.15, 0.2) is 0 Å². The van der Waals surface area contributed by atoms with Crippen molar-refractivity contribution in [3.05, 3.63) is 0 Å². The summed E-state index contributed by atoms with van der Waals surface area (Å²) in [6.07, 6.45) is 4.49. The molecule has 0 N–H and O–H groups in total. The van der Waals surface area contributed by atoms with E-state index in [2.05, 4.69) is 26.5 Å². The lowest BCUT2D eigenvalue weighted by atomic mass is 10.1. The largest absolute Gasteiger partial charge is 0.466 e. The Morgan fingerprint density at radius 3 is 2.28 bits per heavy atom. The van der Waals surface area contributed by atoms with Gasteiger partial charge in [0.05, 0.1) is 18.8 Å². The van der Waals surface area contributed by atoms with Crippen molar-refractivity contribution in [1.82, 2.24) is 0 Å². The lowest BCUT2D eigenvalue weighted by molar-refractivity contribution is -0.148. The number of hydrogen-bond donors (Lipinski definition) is 1. The van der Waals surface area contributed by atoms with E-state index >= 15 is 0 Å². The van der Waals surface area contributed by atoms with Gasteiger partial charge >= 0.3 is 11.9 Å². The molecule has 0 aliphatic heterocycles. The highest BCUT2D eigenvalue weighted by molar-refractivity contribution is 7.81. The van der Waals surface area contributed by atoms with E-state index in [0.29, 0.717) is 6.61 Å². The van der Waals surface area contributed by atoms with E-state index in [-0.39, 0.29) is 24.7 Å². The first-order chi connectivity index (χ1) is 8.56. The van der Waals surface area contributed by atoms with Crippen molar-refractivity contribution in [2.24, 2.45) is 5.92 Å². The van der Waals surface area contributed by atoms with Gasteiger partial charge in [0.25, 0.3) is 0 Å². The number of ether oxygens (including phenoxy) is 2. The van der Waals surface area contributed by atoms with Crippen LogP contribution in [-0.2, 0) is 19.1 Å². The van der Waals surface area contributed by atoms with E-state index in [1.165, 1.54) is 12.8 Å². The molecule has 0 aromatic rings. The molecule has 0 spiro atoms. The van der Waals surface area contributed by atoms with Crippen molar-refractivity contribution in [2.75, 3.05) is 19.0 Å². The minimum absolute atomic E-state index is 0.0326. The van der Waals surface area contributed by atoms with Crippen LogP contribution in [0.1, 0.15) is 46.0 Å². The Labute approximate surface area is 115 Å². The minimum Gasteiger partial charge on any atom is -0.466 e. The smallest absolute Gasteiger partial charge is 0.315 e. The zero-order valence-corrected chi connectivity index (χ0v) is 12.2. The molecule has 0 heterocycles. The fraction of sp³-hybridized carbons (Fsp3) is 0.846. The third-order valence-corrected chi connectivity index (χ3v) is 2.65. The van der Waals surface area contributed by atoms with E-state index in [4.69, 9.17) is 9.47 Å². The first kappa shape index (κ1) is 17.3. The van der Waals surface area contributed by atoms with Crippen molar-refractivity contribution in [3.8, 4) is 0 Å². The predicted octanol–water partition coefficient (Wildman–Crippen LogP) is 2.61. The van der Waals surface area contributed by atoms with E-state index < -0.39 is 5.97 Å². The Balaban J connectivity index is 3.29. The van der Waals surface area contributed by atoms with E-state index in [1.807, 2.05) is 0 Å². The molecule has 0 fully saturated rings. The maximum absolute atomic E-state index is 11.2. The molecule has 5 heteroatoms. The van der Waals surface area contributed by atoms with Gasteiger partial charge in [-0.2, -0.15) is 12.6 Å². The summed E-state index contributed by atoms with van der Waals surface area (Å²) in [5.41, 5.74) is 0. The normalized spacial score (nSPS) is 10.4. The van der Waals surface area contributed by atoms with Gasteiger partial charge in [0, 0.05) is 0 Å². The van der Waals surface area contributed by atoms with Crippen LogP contribution in [0, 0.1) is 5.92 Å². The molecule has 18 heavy (non-hydrogen) atoms. The van der Waals surface area contributed by atoms with Gasteiger partial charge in [-0.3, -0.25) is 9.59 Å². The number of unbranched alkanes of at least 4 members (excludes halogenated alkanes) is 2.